The lowest BCUT2D eigenvalue weighted by Gasteiger charge is -2.38. The molecule has 1 fully saturated rings. The molecule has 0 aromatic heterocycles. The number of hydrogen-bond acceptors (Lipinski definition) is 5. The number of nitrogens with zero attached hydrogens (tertiary/aromatic N) is 3. The van der Waals surface area contributed by atoms with Crippen LogP contribution >= 0.6 is 11.6 Å². The van der Waals surface area contributed by atoms with E-state index in [1.165, 1.54) is 6.07 Å². The summed E-state index contributed by atoms with van der Waals surface area (Å²) in [6.45, 7) is 4.38. The summed E-state index contributed by atoms with van der Waals surface area (Å²) in [5, 5.41) is 14.6. The Labute approximate surface area is 162 Å². The van der Waals surface area contributed by atoms with Crippen LogP contribution in [0.3, 0.4) is 0 Å². The molecule has 8 heteroatoms. The normalized spacial score (nSPS) is 16.0. The standard InChI is InChI=1S/C19H21ClN4O3/c1-14(19(25)21-16-7-3-2-6-15(16)20)22-10-12-23(13-11-22)17-8-4-5-9-18(17)24(26)27/h2-9,14H,10-13H2,1H3,(H,21,25). The molecule has 1 saturated heterocycles. The predicted molar refractivity (Wildman–Crippen MR) is 106 cm³/mol. The van der Waals surface area contributed by atoms with Crippen LogP contribution in [0.1, 0.15) is 6.92 Å². The van der Waals surface area contributed by atoms with Crippen molar-refractivity contribution in [3.8, 4) is 0 Å². The van der Waals surface area contributed by atoms with Crippen LogP contribution in [-0.2, 0) is 4.79 Å². The number of carbonyl (C=O) groups excluding carboxylic acids is 1. The third kappa shape index (κ3) is 4.37. The van der Waals surface area contributed by atoms with Crippen LogP contribution in [0.4, 0.5) is 17.1 Å². The molecule has 1 aliphatic heterocycles. The SMILES string of the molecule is CC(C(=O)Nc1ccccc1Cl)N1CCN(c2ccccc2[N+](=O)[O-])CC1. The Morgan fingerprint density at radius 2 is 1.74 bits per heavy atom. The zero-order valence-electron chi connectivity index (χ0n) is 15.0. The molecule has 1 unspecified atom stereocenters. The van der Waals surface area contributed by atoms with Gasteiger partial charge in [0, 0.05) is 32.2 Å². The van der Waals surface area contributed by atoms with Crippen molar-refractivity contribution in [2.75, 3.05) is 36.4 Å². The molecule has 1 N–H and O–H groups in total. The molecule has 0 aliphatic carbocycles. The molecule has 1 atom stereocenters. The summed E-state index contributed by atoms with van der Waals surface area (Å²) in [4.78, 5) is 27.5. The minimum atomic E-state index is -0.360. The molecular formula is C19H21ClN4O3. The third-order valence-electron chi connectivity index (χ3n) is 4.79. The summed E-state index contributed by atoms with van der Waals surface area (Å²) in [7, 11) is 0. The highest BCUT2D eigenvalue weighted by molar-refractivity contribution is 6.33. The maximum atomic E-state index is 12.5. The lowest BCUT2D eigenvalue weighted by atomic mass is 10.1. The second kappa shape index (κ2) is 8.37. The number of nitrogens with one attached hydrogen (secondary N) is 1. The highest BCUT2D eigenvalue weighted by Gasteiger charge is 2.28. The van der Waals surface area contributed by atoms with Gasteiger partial charge in [-0.2, -0.15) is 0 Å². The van der Waals surface area contributed by atoms with Gasteiger partial charge in [-0.25, -0.2) is 0 Å². The molecule has 0 radical (unpaired) electrons. The number of amides is 1. The second-order valence-corrected chi connectivity index (χ2v) is 6.82. The van der Waals surface area contributed by atoms with Gasteiger partial charge in [-0.3, -0.25) is 19.8 Å². The largest absolute Gasteiger partial charge is 0.363 e. The fourth-order valence-electron chi connectivity index (χ4n) is 3.20. The van der Waals surface area contributed by atoms with Crippen LogP contribution in [0.25, 0.3) is 0 Å². The lowest BCUT2D eigenvalue weighted by molar-refractivity contribution is -0.384. The summed E-state index contributed by atoms with van der Waals surface area (Å²) in [6, 6.07) is 13.5. The number of piperazine rings is 1. The number of nitro groups is 1. The molecule has 142 valence electrons. The highest BCUT2D eigenvalue weighted by atomic mass is 35.5. The van der Waals surface area contributed by atoms with Gasteiger partial charge in [0.15, 0.2) is 0 Å². The smallest absolute Gasteiger partial charge is 0.292 e. The Balaban J connectivity index is 1.61. The Hall–Kier alpha value is -2.64. The first kappa shape index (κ1) is 19.1. The molecule has 7 nitrogen and oxygen atoms in total. The van der Waals surface area contributed by atoms with Crippen molar-refractivity contribution >= 4 is 34.6 Å². The van der Waals surface area contributed by atoms with Gasteiger partial charge >= 0.3 is 0 Å². The summed E-state index contributed by atoms with van der Waals surface area (Å²) < 4.78 is 0. The van der Waals surface area contributed by atoms with Crippen LogP contribution in [0.15, 0.2) is 48.5 Å². The minimum absolute atomic E-state index is 0.107. The lowest BCUT2D eigenvalue weighted by Crippen LogP contribution is -2.53. The van der Waals surface area contributed by atoms with Gasteiger partial charge in [0.25, 0.3) is 5.69 Å². The molecule has 0 saturated carbocycles. The van der Waals surface area contributed by atoms with Crippen molar-refractivity contribution in [3.63, 3.8) is 0 Å². The highest BCUT2D eigenvalue weighted by Crippen LogP contribution is 2.28. The fraction of sp³-hybridized carbons (Fsp3) is 0.316. The van der Waals surface area contributed by atoms with Crippen LogP contribution in [0.2, 0.25) is 5.02 Å². The number of benzene rings is 2. The quantitative estimate of drug-likeness (QED) is 0.627. The zero-order chi connectivity index (χ0) is 19.4. The van der Waals surface area contributed by atoms with Gasteiger partial charge in [-0.1, -0.05) is 35.9 Å². The summed E-state index contributed by atoms with van der Waals surface area (Å²) in [5.74, 6) is -0.123. The van der Waals surface area contributed by atoms with Gasteiger partial charge in [0.2, 0.25) is 5.91 Å². The maximum absolute atomic E-state index is 12.5. The second-order valence-electron chi connectivity index (χ2n) is 6.41. The van der Waals surface area contributed by atoms with E-state index in [-0.39, 0.29) is 22.6 Å². The van der Waals surface area contributed by atoms with Crippen molar-refractivity contribution in [2.24, 2.45) is 0 Å². The van der Waals surface area contributed by atoms with Crippen LogP contribution < -0.4 is 10.2 Å². The molecule has 3 rings (SSSR count). The first-order valence-corrected chi connectivity index (χ1v) is 9.13. The van der Waals surface area contributed by atoms with E-state index in [1.54, 1.807) is 30.3 Å². The van der Waals surface area contributed by atoms with Crippen molar-refractivity contribution < 1.29 is 9.72 Å². The third-order valence-corrected chi connectivity index (χ3v) is 5.12. The van der Waals surface area contributed by atoms with E-state index in [4.69, 9.17) is 11.6 Å². The van der Waals surface area contributed by atoms with E-state index in [1.807, 2.05) is 24.0 Å². The van der Waals surface area contributed by atoms with E-state index >= 15 is 0 Å². The molecule has 1 heterocycles. The van der Waals surface area contributed by atoms with E-state index in [0.717, 1.165) is 0 Å². The molecule has 0 spiro atoms. The topological polar surface area (TPSA) is 78.7 Å². The van der Waals surface area contributed by atoms with E-state index in [2.05, 4.69) is 10.2 Å². The Morgan fingerprint density at radius 1 is 1.11 bits per heavy atom. The minimum Gasteiger partial charge on any atom is -0.363 e. The molecule has 2 aromatic rings. The number of hydrogen-bond donors (Lipinski definition) is 1. The molecule has 0 bridgehead atoms. The van der Waals surface area contributed by atoms with Gasteiger partial charge < -0.3 is 10.2 Å². The Morgan fingerprint density at radius 3 is 2.41 bits per heavy atom. The van der Waals surface area contributed by atoms with E-state index in [0.29, 0.717) is 42.6 Å². The van der Waals surface area contributed by atoms with Crippen LogP contribution in [-0.4, -0.2) is 48.0 Å². The number of halogens is 1. The van der Waals surface area contributed by atoms with Crippen molar-refractivity contribution in [1.29, 1.82) is 0 Å². The van der Waals surface area contributed by atoms with Gasteiger partial charge in [0.05, 0.1) is 21.7 Å². The maximum Gasteiger partial charge on any atom is 0.292 e. The monoisotopic (exact) mass is 388 g/mol. The molecule has 1 aliphatic rings. The predicted octanol–water partition coefficient (Wildman–Crippen LogP) is 3.40. The first-order chi connectivity index (χ1) is 13.0. The van der Waals surface area contributed by atoms with E-state index < -0.39 is 0 Å². The number of para-hydroxylation sites is 3. The van der Waals surface area contributed by atoms with Crippen molar-refractivity contribution in [2.45, 2.75) is 13.0 Å². The first-order valence-electron chi connectivity index (χ1n) is 8.75. The number of nitro benzene ring substituents is 1. The average Bonchev–Trinajstić information content (AvgIpc) is 2.69. The number of carbonyl (C=O) groups is 1. The molecule has 1 amide bonds. The van der Waals surface area contributed by atoms with Crippen LogP contribution in [0.5, 0.6) is 0 Å². The Bertz CT molecular complexity index is 837. The summed E-state index contributed by atoms with van der Waals surface area (Å²) in [6.07, 6.45) is 0. The van der Waals surface area contributed by atoms with Crippen molar-refractivity contribution in [1.82, 2.24) is 4.90 Å². The van der Waals surface area contributed by atoms with Gasteiger partial charge in [0.1, 0.15) is 5.69 Å². The van der Waals surface area contributed by atoms with Crippen LogP contribution in [0, 0.1) is 10.1 Å². The van der Waals surface area contributed by atoms with Crippen molar-refractivity contribution in [3.05, 3.63) is 63.7 Å². The van der Waals surface area contributed by atoms with Gasteiger partial charge in [-0.05, 0) is 25.1 Å². The number of anilines is 2. The average molecular weight is 389 g/mol. The van der Waals surface area contributed by atoms with Gasteiger partial charge in [-0.15, -0.1) is 0 Å². The summed E-state index contributed by atoms with van der Waals surface area (Å²) in [5.41, 5.74) is 1.32. The zero-order valence-corrected chi connectivity index (χ0v) is 15.7. The molecule has 27 heavy (non-hydrogen) atoms. The molecule has 2 aromatic carbocycles. The summed E-state index contributed by atoms with van der Waals surface area (Å²) >= 11 is 6.10. The Kier molecular flexibility index (Phi) is 5.93. The number of rotatable bonds is 5. The fourth-order valence-corrected chi connectivity index (χ4v) is 3.38. The van der Waals surface area contributed by atoms with E-state index in [9.17, 15) is 14.9 Å². The molecular weight excluding hydrogens is 368 g/mol.